The zero-order valence-corrected chi connectivity index (χ0v) is 13.2. The highest BCUT2D eigenvalue weighted by molar-refractivity contribution is 5.57. The first kappa shape index (κ1) is 17.1. The summed E-state index contributed by atoms with van der Waals surface area (Å²) in [5.74, 6) is -0.293. The van der Waals surface area contributed by atoms with Crippen LogP contribution in [0.5, 0.6) is 5.88 Å². The van der Waals surface area contributed by atoms with Gasteiger partial charge in [0.25, 0.3) is 0 Å². The van der Waals surface area contributed by atoms with E-state index < -0.39 is 17.6 Å². The largest absolute Gasteiger partial charge is 0.477 e. The van der Waals surface area contributed by atoms with Crippen LogP contribution >= 0.6 is 0 Å². The number of aryl methyl sites for hydroxylation is 1. The van der Waals surface area contributed by atoms with Crippen molar-refractivity contribution in [3.8, 4) is 5.88 Å². The second kappa shape index (κ2) is 6.85. The van der Waals surface area contributed by atoms with Gasteiger partial charge in [-0.25, -0.2) is 4.98 Å². The number of halogens is 3. The second-order valence-electron chi connectivity index (χ2n) is 5.13. The molecule has 0 unspecified atom stereocenters. The summed E-state index contributed by atoms with van der Waals surface area (Å²) in [6.07, 6.45) is -3.20. The molecule has 4 nitrogen and oxygen atoms in total. The molecule has 2 rings (SSSR count). The monoisotopic (exact) mass is 325 g/mol. The molecule has 0 aliphatic heterocycles. The molecule has 1 aromatic carbocycles. The number of aromatic nitrogens is 2. The third-order valence-corrected chi connectivity index (χ3v) is 3.18. The van der Waals surface area contributed by atoms with Gasteiger partial charge in [-0.15, -0.1) is 0 Å². The van der Waals surface area contributed by atoms with Gasteiger partial charge in [-0.3, -0.25) is 0 Å². The van der Waals surface area contributed by atoms with Crippen molar-refractivity contribution in [2.75, 3.05) is 18.6 Å². The van der Waals surface area contributed by atoms with Gasteiger partial charge >= 0.3 is 6.18 Å². The molecule has 7 heteroatoms. The summed E-state index contributed by atoms with van der Waals surface area (Å²) < 4.78 is 44.2. The minimum Gasteiger partial charge on any atom is -0.477 e. The van der Waals surface area contributed by atoms with E-state index in [9.17, 15) is 13.2 Å². The van der Waals surface area contributed by atoms with E-state index in [-0.39, 0.29) is 12.6 Å². The Balaban J connectivity index is 2.39. The second-order valence-corrected chi connectivity index (χ2v) is 5.13. The van der Waals surface area contributed by atoms with Crippen molar-refractivity contribution in [1.82, 2.24) is 9.97 Å². The highest BCUT2D eigenvalue weighted by atomic mass is 19.4. The molecule has 124 valence electrons. The van der Waals surface area contributed by atoms with Gasteiger partial charge in [0.05, 0.1) is 6.61 Å². The zero-order valence-electron chi connectivity index (χ0n) is 13.2. The molecule has 0 bridgehead atoms. The molecule has 0 radical (unpaired) electrons. The Morgan fingerprint density at radius 3 is 2.61 bits per heavy atom. The molecule has 23 heavy (non-hydrogen) atoms. The summed E-state index contributed by atoms with van der Waals surface area (Å²) in [4.78, 5) is 9.41. The molecule has 0 amide bonds. The Labute approximate surface area is 132 Å². The average molecular weight is 325 g/mol. The van der Waals surface area contributed by atoms with Crippen LogP contribution in [0.25, 0.3) is 0 Å². The number of ether oxygens (including phenoxy) is 1. The Hall–Kier alpha value is -2.31. The van der Waals surface area contributed by atoms with Crippen molar-refractivity contribution in [1.29, 1.82) is 0 Å². The van der Waals surface area contributed by atoms with Crippen molar-refractivity contribution < 1.29 is 17.9 Å². The number of hydrogen-bond donors (Lipinski definition) is 0. The molecule has 0 saturated heterocycles. The number of benzene rings is 1. The third-order valence-electron chi connectivity index (χ3n) is 3.18. The van der Waals surface area contributed by atoms with E-state index in [1.54, 1.807) is 11.9 Å². The average Bonchev–Trinajstić information content (AvgIpc) is 2.51. The molecule has 0 fully saturated rings. The summed E-state index contributed by atoms with van der Waals surface area (Å²) in [6.45, 7) is 3.91. The summed E-state index contributed by atoms with van der Waals surface area (Å²) in [5.41, 5.74) is 0.849. The molecule has 2 aromatic rings. The first-order chi connectivity index (χ1) is 10.8. The number of anilines is 2. The van der Waals surface area contributed by atoms with Crippen molar-refractivity contribution in [3.05, 3.63) is 41.6 Å². The first-order valence-corrected chi connectivity index (χ1v) is 7.20. The summed E-state index contributed by atoms with van der Waals surface area (Å²) in [6, 6.07) is 7.52. The summed E-state index contributed by atoms with van der Waals surface area (Å²) in [5, 5.41) is 0. The highest BCUT2D eigenvalue weighted by Gasteiger charge is 2.36. The minimum atomic E-state index is -4.55. The van der Waals surface area contributed by atoms with Crippen LogP contribution in [0, 0.1) is 6.92 Å². The van der Waals surface area contributed by atoms with Crippen molar-refractivity contribution in [3.63, 3.8) is 0 Å². The predicted octanol–water partition coefficient (Wildman–Crippen LogP) is 4.36. The maximum absolute atomic E-state index is 13.0. The van der Waals surface area contributed by atoms with E-state index in [1.165, 1.54) is 0 Å². The molecule has 1 aromatic heterocycles. The lowest BCUT2D eigenvalue weighted by atomic mass is 10.2. The number of nitrogens with zero attached hydrogens (tertiary/aromatic N) is 3. The van der Waals surface area contributed by atoms with Crippen LogP contribution in [0.4, 0.5) is 24.8 Å². The zero-order chi connectivity index (χ0) is 17.0. The van der Waals surface area contributed by atoms with E-state index in [1.807, 2.05) is 38.1 Å². The lowest BCUT2D eigenvalue weighted by Crippen LogP contribution is -2.17. The predicted molar refractivity (Wildman–Crippen MR) is 82.1 cm³/mol. The van der Waals surface area contributed by atoms with Crippen LogP contribution in [-0.2, 0) is 6.18 Å². The fourth-order valence-corrected chi connectivity index (χ4v) is 1.97. The minimum absolute atomic E-state index is 0.148. The van der Waals surface area contributed by atoms with Crippen LogP contribution < -0.4 is 9.64 Å². The molecule has 0 spiro atoms. The quantitative estimate of drug-likeness (QED) is 0.818. The molecule has 1 heterocycles. The molecular weight excluding hydrogens is 307 g/mol. The smallest absolute Gasteiger partial charge is 0.423 e. The topological polar surface area (TPSA) is 38.2 Å². The van der Waals surface area contributed by atoms with Gasteiger partial charge in [-0.2, -0.15) is 18.2 Å². The Kier molecular flexibility index (Phi) is 5.08. The van der Waals surface area contributed by atoms with E-state index in [2.05, 4.69) is 9.97 Å². The highest BCUT2D eigenvalue weighted by Crippen LogP contribution is 2.36. The Bertz CT molecular complexity index is 674. The van der Waals surface area contributed by atoms with Crippen LogP contribution in [0.3, 0.4) is 0 Å². The van der Waals surface area contributed by atoms with Gasteiger partial charge in [0.15, 0.2) is 0 Å². The maximum atomic E-state index is 13.0. The van der Waals surface area contributed by atoms with Crippen molar-refractivity contribution in [2.45, 2.75) is 26.4 Å². The first-order valence-electron chi connectivity index (χ1n) is 7.20. The van der Waals surface area contributed by atoms with Crippen molar-refractivity contribution in [2.24, 2.45) is 0 Å². The van der Waals surface area contributed by atoms with E-state index in [0.717, 1.165) is 17.4 Å². The van der Waals surface area contributed by atoms with Gasteiger partial charge in [-0.05, 0) is 31.0 Å². The van der Waals surface area contributed by atoms with Crippen LogP contribution in [0.15, 0.2) is 30.5 Å². The van der Waals surface area contributed by atoms with Crippen LogP contribution in [-0.4, -0.2) is 23.6 Å². The maximum Gasteiger partial charge on any atom is 0.423 e. The number of alkyl halides is 3. The standard InChI is InChI=1S/C16H18F3N3O/c1-4-8-23-14-13(16(17,18)19)10-20-15(21-14)22(3)12-7-5-6-11(2)9-12/h5-7,9-10H,4,8H2,1-3H3. The van der Waals surface area contributed by atoms with Gasteiger partial charge in [0.1, 0.15) is 5.56 Å². The molecule has 0 saturated carbocycles. The Morgan fingerprint density at radius 1 is 1.26 bits per heavy atom. The van der Waals surface area contributed by atoms with Gasteiger partial charge < -0.3 is 9.64 Å². The molecule has 0 N–H and O–H groups in total. The normalized spacial score (nSPS) is 11.4. The van der Waals surface area contributed by atoms with E-state index in [0.29, 0.717) is 6.42 Å². The van der Waals surface area contributed by atoms with E-state index in [4.69, 9.17) is 4.74 Å². The van der Waals surface area contributed by atoms with Crippen LogP contribution in [0.2, 0.25) is 0 Å². The lowest BCUT2D eigenvalue weighted by molar-refractivity contribution is -0.139. The van der Waals surface area contributed by atoms with Gasteiger partial charge in [-0.1, -0.05) is 19.1 Å². The summed E-state index contributed by atoms with van der Waals surface area (Å²) in [7, 11) is 1.70. The van der Waals surface area contributed by atoms with Gasteiger partial charge in [0.2, 0.25) is 11.8 Å². The molecular formula is C16H18F3N3O. The van der Waals surface area contributed by atoms with E-state index >= 15 is 0 Å². The fraction of sp³-hybridized carbons (Fsp3) is 0.375. The summed E-state index contributed by atoms with van der Waals surface area (Å²) >= 11 is 0. The van der Waals surface area contributed by atoms with Gasteiger partial charge in [0, 0.05) is 18.9 Å². The number of hydrogen-bond acceptors (Lipinski definition) is 4. The van der Waals surface area contributed by atoms with Crippen LogP contribution in [0.1, 0.15) is 24.5 Å². The van der Waals surface area contributed by atoms with Crippen molar-refractivity contribution >= 4 is 11.6 Å². The Morgan fingerprint density at radius 2 is 2.00 bits per heavy atom. The third kappa shape index (κ3) is 4.12. The SMILES string of the molecule is CCCOc1nc(N(C)c2cccc(C)c2)ncc1C(F)(F)F. The molecule has 0 aliphatic carbocycles. The fourth-order valence-electron chi connectivity index (χ4n) is 1.97. The molecule has 0 aliphatic rings. The lowest BCUT2D eigenvalue weighted by Gasteiger charge is -2.20. The number of rotatable bonds is 5. The molecule has 0 atom stereocenters.